The van der Waals surface area contributed by atoms with E-state index in [1.165, 1.54) is 12.1 Å². The molecule has 1 atom stereocenters. The van der Waals surface area contributed by atoms with E-state index in [9.17, 15) is 18.3 Å². The van der Waals surface area contributed by atoms with E-state index >= 15 is 0 Å². The molecule has 0 saturated carbocycles. The van der Waals surface area contributed by atoms with Crippen molar-refractivity contribution in [2.45, 2.75) is 36.7 Å². The normalized spacial score (nSPS) is 12.7. The predicted molar refractivity (Wildman–Crippen MR) is 93.7 cm³/mol. The summed E-state index contributed by atoms with van der Waals surface area (Å²) < 4.78 is 24.3. The van der Waals surface area contributed by atoms with Crippen LogP contribution in [0.15, 0.2) is 65.6 Å². The van der Waals surface area contributed by atoms with Crippen molar-refractivity contribution in [3.63, 3.8) is 0 Å². The van der Waals surface area contributed by atoms with Crippen molar-refractivity contribution in [1.29, 1.82) is 0 Å². The maximum Gasteiger partial charge on any atom is 0.180 e. The molecule has 24 heavy (non-hydrogen) atoms. The van der Waals surface area contributed by atoms with Crippen molar-refractivity contribution in [3.8, 4) is 0 Å². The van der Waals surface area contributed by atoms with Gasteiger partial charge in [0.2, 0.25) is 0 Å². The Morgan fingerprint density at radius 2 is 1.50 bits per heavy atom. The Kier molecular flexibility index (Phi) is 6.70. The van der Waals surface area contributed by atoms with Gasteiger partial charge in [-0.3, -0.25) is 4.79 Å². The Balaban J connectivity index is 1.74. The van der Waals surface area contributed by atoms with E-state index in [1.807, 2.05) is 18.2 Å². The van der Waals surface area contributed by atoms with E-state index in [0.29, 0.717) is 31.2 Å². The van der Waals surface area contributed by atoms with E-state index in [-0.39, 0.29) is 16.4 Å². The highest BCUT2D eigenvalue weighted by atomic mass is 32.2. The van der Waals surface area contributed by atoms with Gasteiger partial charge in [0.15, 0.2) is 15.6 Å². The van der Waals surface area contributed by atoms with Crippen LogP contribution in [0.25, 0.3) is 0 Å². The van der Waals surface area contributed by atoms with Crippen LogP contribution in [0.4, 0.5) is 0 Å². The standard InChI is InChI=1S/C19H22O4S/c20-17(15-24(22,23)18-12-5-2-6-13-18)11-7-8-14-19(21)16-9-3-1-4-10-16/h1-6,9-10,12-13,17,20H,7-8,11,14-15H2. The number of unbranched alkanes of at least 4 members (excludes halogenated alkanes) is 1. The second-order valence-corrected chi connectivity index (χ2v) is 7.82. The molecule has 0 fully saturated rings. The van der Waals surface area contributed by atoms with Crippen LogP contribution < -0.4 is 0 Å². The lowest BCUT2D eigenvalue weighted by molar-refractivity contribution is 0.0976. The Hall–Kier alpha value is -1.98. The summed E-state index contributed by atoms with van der Waals surface area (Å²) in [5, 5.41) is 9.96. The molecule has 0 amide bonds. The first kappa shape index (κ1) is 18.4. The molecule has 0 spiro atoms. The smallest absolute Gasteiger partial charge is 0.180 e. The Morgan fingerprint density at radius 1 is 0.917 bits per heavy atom. The van der Waals surface area contributed by atoms with Crippen LogP contribution >= 0.6 is 0 Å². The molecule has 0 saturated heterocycles. The summed E-state index contributed by atoms with van der Waals surface area (Å²) in [6, 6.07) is 17.2. The number of aliphatic hydroxyl groups excluding tert-OH is 1. The average Bonchev–Trinajstić information content (AvgIpc) is 2.59. The molecule has 2 rings (SSSR count). The van der Waals surface area contributed by atoms with Gasteiger partial charge in [0, 0.05) is 12.0 Å². The number of rotatable bonds is 9. The fraction of sp³-hybridized carbons (Fsp3) is 0.316. The van der Waals surface area contributed by atoms with Crippen LogP contribution in [0.2, 0.25) is 0 Å². The van der Waals surface area contributed by atoms with Crippen LogP contribution in [0.3, 0.4) is 0 Å². The Bertz CT molecular complexity index is 739. The summed E-state index contributed by atoms with van der Waals surface area (Å²) in [6.07, 6.45) is 1.11. The fourth-order valence-electron chi connectivity index (χ4n) is 2.49. The van der Waals surface area contributed by atoms with Crippen molar-refractivity contribution >= 4 is 15.6 Å². The highest BCUT2D eigenvalue weighted by molar-refractivity contribution is 7.91. The van der Waals surface area contributed by atoms with E-state index in [0.717, 1.165) is 0 Å². The molecule has 0 aliphatic heterocycles. The van der Waals surface area contributed by atoms with Crippen LogP contribution in [-0.2, 0) is 9.84 Å². The maximum absolute atomic E-state index is 12.2. The number of carbonyl (C=O) groups is 1. The molecule has 1 N–H and O–H groups in total. The third-order valence-electron chi connectivity index (χ3n) is 3.80. The van der Waals surface area contributed by atoms with Gasteiger partial charge in [0.05, 0.1) is 16.8 Å². The molecule has 4 nitrogen and oxygen atoms in total. The number of ketones is 1. The van der Waals surface area contributed by atoms with Gasteiger partial charge in [-0.15, -0.1) is 0 Å². The van der Waals surface area contributed by atoms with Gasteiger partial charge in [-0.05, 0) is 25.0 Å². The molecular formula is C19H22O4S. The number of sulfone groups is 1. The van der Waals surface area contributed by atoms with Gasteiger partial charge in [-0.1, -0.05) is 55.0 Å². The van der Waals surface area contributed by atoms with Crippen molar-refractivity contribution in [1.82, 2.24) is 0 Å². The molecule has 0 aliphatic rings. The summed E-state index contributed by atoms with van der Waals surface area (Å²) >= 11 is 0. The average molecular weight is 346 g/mol. The summed E-state index contributed by atoms with van der Waals surface area (Å²) in [5.74, 6) is -0.217. The minimum absolute atomic E-state index is 0.0713. The fourth-order valence-corrected chi connectivity index (χ4v) is 3.93. The highest BCUT2D eigenvalue weighted by Crippen LogP contribution is 2.14. The molecule has 2 aromatic carbocycles. The first-order valence-corrected chi connectivity index (χ1v) is 9.68. The van der Waals surface area contributed by atoms with Gasteiger partial charge in [-0.2, -0.15) is 0 Å². The lowest BCUT2D eigenvalue weighted by Crippen LogP contribution is -2.21. The van der Waals surface area contributed by atoms with E-state index in [4.69, 9.17) is 0 Å². The van der Waals surface area contributed by atoms with Gasteiger partial charge < -0.3 is 5.11 Å². The third-order valence-corrected chi connectivity index (χ3v) is 5.62. The van der Waals surface area contributed by atoms with Crippen molar-refractivity contribution in [2.75, 3.05) is 5.75 Å². The van der Waals surface area contributed by atoms with Crippen molar-refractivity contribution in [3.05, 3.63) is 66.2 Å². The highest BCUT2D eigenvalue weighted by Gasteiger charge is 2.19. The van der Waals surface area contributed by atoms with Gasteiger partial charge in [-0.25, -0.2) is 8.42 Å². The van der Waals surface area contributed by atoms with Crippen LogP contribution in [0, 0.1) is 0 Å². The topological polar surface area (TPSA) is 71.4 Å². The largest absolute Gasteiger partial charge is 0.392 e. The SMILES string of the molecule is O=C(CCCCC(O)CS(=O)(=O)c1ccccc1)c1ccccc1. The molecule has 0 aromatic heterocycles. The lowest BCUT2D eigenvalue weighted by Gasteiger charge is -2.11. The van der Waals surface area contributed by atoms with Crippen molar-refractivity contribution in [2.24, 2.45) is 0 Å². The molecular weight excluding hydrogens is 324 g/mol. The van der Waals surface area contributed by atoms with Crippen LogP contribution in [-0.4, -0.2) is 31.2 Å². The number of benzene rings is 2. The number of hydrogen-bond donors (Lipinski definition) is 1. The second kappa shape index (κ2) is 8.76. The first-order chi connectivity index (χ1) is 11.5. The van der Waals surface area contributed by atoms with E-state index in [2.05, 4.69) is 0 Å². The Morgan fingerprint density at radius 3 is 2.12 bits per heavy atom. The zero-order valence-electron chi connectivity index (χ0n) is 13.5. The Labute approximate surface area is 143 Å². The molecule has 0 heterocycles. The second-order valence-electron chi connectivity index (χ2n) is 5.78. The van der Waals surface area contributed by atoms with Crippen LogP contribution in [0.5, 0.6) is 0 Å². The van der Waals surface area contributed by atoms with Gasteiger partial charge in [0.25, 0.3) is 0 Å². The zero-order valence-corrected chi connectivity index (χ0v) is 14.3. The third kappa shape index (κ3) is 5.58. The van der Waals surface area contributed by atoms with Crippen LogP contribution in [0.1, 0.15) is 36.0 Å². The molecule has 128 valence electrons. The predicted octanol–water partition coefficient (Wildman–Crippen LogP) is 3.26. The minimum atomic E-state index is -3.47. The minimum Gasteiger partial charge on any atom is -0.392 e. The number of carbonyl (C=O) groups excluding carboxylic acids is 1. The molecule has 1 unspecified atom stereocenters. The molecule has 0 aliphatic carbocycles. The summed E-state index contributed by atoms with van der Waals surface area (Å²) in [7, 11) is -3.47. The number of aliphatic hydroxyl groups is 1. The van der Waals surface area contributed by atoms with E-state index in [1.54, 1.807) is 30.3 Å². The summed E-state index contributed by atoms with van der Waals surface area (Å²) in [6.45, 7) is 0. The molecule has 0 radical (unpaired) electrons. The quantitative estimate of drug-likeness (QED) is 0.559. The lowest BCUT2D eigenvalue weighted by atomic mass is 10.0. The summed E-state index contributed by atoms with van der Waals surface area (Å²) in [4.78, 5) is 12.2. The van der Waals surface area contributed by atoms with Crippen molar-refractivity contribution < 1.29 is 18.3 Å². The molecule has 5 heteroatoms. The van der Waals surface area contributed by atoms with Gasteiger partial charge in [0.1, 0.15) is 0 Å². The van der Waals surface area contributed by atoms with E-state index < -0.39 is 15.9 Å². The first-order valence-electron chi connectivity index (χ1n) is 8.03. The van der Waals surface area contributed by atoms with Gasteiger partial charge >= 0.3 is 0 Å². The zero-order chi connectivity index (χ0) is 17.4. The molecule has 2 aromatic rings. The molecule has 0 bridgehead atoms. The number of Topliss-reactive ketones (excluding diaryl/α,β-unsaturated/α-hetero) is 1. The monoisotopic (exact) mass is 346 g/mol. The summed E-state index contributed by atoms with van der Waals surface area (Å²) in [5.41, 5.74) is 0.685. The number of hydrogen-bond acceptors (Lipinski definition) is 4. The maximum atomic E-state index is 12.2.